The molecule has 0 bridgehead atoms. The number of nitrogens with one attached hydrogen (secondary N) is 3. The average Bonchev–Trinajstić information content (AvgIpc) is 3.28. The van der Waals surface area contributed by atoms with E-state index in [0.717, 1.165) is 11.1 Å². The van der Waals surface area contributed by atoms with Gasteiger partial charge in [-0.3, -0.25) is 4.79 Å². The molecule has 3 heterocycles. The first-order valence-corrected chi connectivity index (χ1v) is 9.02. The standard InChI is InChI=1S/C18H19ClN6O2/c1-8-12(19)4-11(16(27)14(8)10-3-13(26)20-5-10)9(2)25-18-15-17(22-6-21-15)23-7-24-18/h4,6-7,9-10,27H,3,5H2,1-2H3,(H,20,26)(H2,21,22,23,24,25). The summed E-state index contributed by atoms with van der Waals surface area (Å²) in [6.07, 6.45) is 3.34. The summed E-state index contributed by atoms with van der Waals surface area (Å²) < 4.78 is 0. The Morgan fingerprint density at radius 2 is 2.19 bits per heavy atom. The van der Waals surface area contributed by atoms with E-state index in [2.05, 4.69) is 30.6 Å². The summed E-state index contributed by atoms with van der Waals surface area (Å²) in [7, 11) is 0. The van der Waals surface area contributed by atoms with Crippen molar-refractivity contribution >= 4 is 34.5 Å². The van der Waals surface area contributed by atoms with Gasteiger partial charge < -0.3 is 20.7 Å². The molecule has 1 amide bonds. The molecule has 2 unspecified atom stereocenters. The third-order valence-electron chi connectivity index (χ3n) is 5.00. The van der Waals surface area contributed by atoms with Gasteiger partial charge in [0.05, 0.1) is 12.4 Å². The van der Waals surface area contributed by atoms with Gasteiger partial charge in [-0.05, 0) is 25.5 Å². The van der Waals surface area contributed by atoms with Crippen molar-refractivity contribution in [2.24, 2.45) is 0 Å². The van der Waals surface area contributed by atoms with E-state index in [1.807, 2.05) is 13.8 Å². The van der Waals surface area contributed by atoms with Crippen LogP contribution in [0.25, 0.3) is 11.2 Å². The Hall–Kier alpha value is -2.87. The number of anilines is 1. The molecule has 0 spiro atoms. The van der Waals surface area contributed by atoms with Crippen LogP contribution in [-0.2, 0) is 4.79 Å². The van der Waals surface area contributed by atoms with E-state index in [4.69, 9.17) is 11.6 Å². The molecule has 4 N–H and O–H groups in total. The number of phenolic OH excluding ortho intramolecular Hbond substituents is 1. The third kappa shape index (κ3) is 3.06. The number of phenols is 1. The number of aromatic hydroxyl groups is 1. The number of hydrogen-bond donors (Lipinski definition) is 4. The SMILES string of the molecule is Cc1c(Cl)cc(C(C)Nc2ncnc3[nH]cnc23)c(O)c1C1CNC(=O)C1. The van der Waals surface area contributed by atoms with Crippen molar-refractivity contribution in [1.29, 1.82) is 0 Å². The zero-order valence-corrected chi connectivity index (χ0v) is 15.6. The maximum absolute atomic E-state index is 11.6. The summed E-state index contributed by atoms with van der Waals surface area (Å²) in [5.41, 5.74) is 3.40. The van der Waals surface area contributed by atoms with E-state index < -0.39 is 0 Å². The summed E-state index contributed by atoms with van der Waals surface area (Å²) in [5.74, 6) is 0.600. The van der Waals surface area contributed by atoms with Crippen LogP contribution >= 0.6 is 11.6 Å². The molecule has 3 aromatic rings. The minimum absolute atomic E-state index is 0.0200. The second kappa shape index (κ2) is 6.70. The van der Waals surface area contributed by atoms with Crippen molar-refractivity contribution in [3.63, 3.8) is 0 Å². The maximum atomic E-state index is 11.6. The van der Waals surface area contributed by atoms with E-state index in [0.29, 0.717) is 40.5 Å². The minimum Gasteiger partial charge on any atom is -0.507 e. The second-order valence-corrected chi connectivity index (χ2v) is 7.14. The molecule has 4 rings (SSSR count). The second-order valence-electron chi connectivity index (χ2n) is 6.73. The molecular weight excluding hydrogens is 368 g/mol. The highest BCUT2D eigenvalue weighted by Crippen LogP contribution is 2.41. The third-order valence-corrected chi connectivity index (χ3v) is 5.39. The van der Waals surface area contributed by atoms with Gasteiger partial charge in [0.2, 0.25) is 5.91 Å². The summed E-state index contributed by atoms with van der Waals surface area (Å²) in [5, 5.41) is 17.6. The van der Waals surface area contributed by atoms with Crippen LogP contribution in [0.15, 0.2) is 18.7 Å². The van der Waals surface area contributed by atoms with Crippen molar-refractivity contribution in [2.45, 2.75) is 32.2 Å². The van der Waals surface area contributed by atoms with Crippen LogP contribution in [0.3, 0.4) is 0 Å². The van der Waals surface area contributed by atoms with Gasteiger partial charge in [0.25, 0.3) is 0 Å². The van der Waals surface area contributed by atoms with Gasteiger partial charge in [0.1, 0.15) is 17.6 Å². The van der Waals surface area contributed by atoms with E-state index in [9.17, 15) is 9.90 Å². The summed E-state index contributed by atoms with van der Waals surface area (Å²) in [4.78, 5) is 27.2. The number of halogens is 1. The number of benzene rings is 1. The van der Waals surface area contributed by atoms with Gasteiger partial charge in [-0.2, -0.15) is 0 Å². The van der Waals surface area contributed by atoms with Crippen LogP contribution in [0.4, 0.5) is 5.82 Å². The molecule has 8 nitrogen and oxygen atoms in total. The van der Waals surface area contributed by atoms with Crippen molar-refractivity contribution in [3.05, 3.63) is 40.4 Å². The zero-order chi connectivity index (χ0) is 19.1. The van der Waals surface area contributed by atoms with Crippen LogP contribution in [0, 0.1) is 6.92 Å². The van der Waals surface area contributed by atoms with Gasteiger partial charge in [-0.25, -0.2) is 15.0 Å². The van der Waals surface area contributed by atoms with E-state index in [1.54, 1.807) is 12.4 Å². The van der Waals surface area contributed by atoms with Crippen molar-refractivity contribution in [1.82, 2.24) is 25.3 Å². The summed E-state index contributed by atoms with van der Waals surface area (Å²) in [6.45, 7) is 4.26. The molecule has 1 fully saturated rings. The van der Waals surface area contributed by atoms with Gasteiger partial charge in [-0.15, -0.1) is 0 Å². The van der Waals surface area contributed by atoms with Crippen LogP contribution in [0.2, 0.25) is 5.02 Å². The molecule has 2 aromatic heterocycles. The monoisotopic (exact) mass is 386 g/mol. The van der Waals surface area contributed by atoms with E-state index in [1.165, 1.54) is 6.33 Å². The van der Waals surface area contributed by atoms with Crippen LogP contribution in [0.5, 0.6) is 5.75 Å². The van der Waals surface area contributed by atoms with E-state index >= 15 is 0 Å². The Bertz CT molecular complexity index is 1030. The quantitative estimate of drug-likeness (QED) is 0.548. The fourth-order valence-corrected chi connectivity index (χ4v) is 3.79. The predicted octanol–water partition coefficient (Wildman–Crippen LogP) is 2.80. The first kappa shape index (κ1) is 17.5. The molecule has 0 aliphatic carbocycles. The maximum Gasteiger partial charge on any atom is 0.220 e. The Morgan fingerprint density at radius 1 is 1.37 bits per heavy atom. The number of hydrogen-bond acceptors (Lipinski definition) is 6. The molecule has 1 saturated heterocycles. The lowest BCUT2D eigenvalue weighted by molar-refractivity contribution is -0.119. The molecule has 140 valence electrons. The Labute approximate surface area is 160 Å². The topological polar surface area (TPSA) is 116 Å². The van der Waals surface area contributed by atoms with Crippen LogP contribution in [0.1, 0.15) is 42.0 Å². The molecule has 0 saturated carbocycles. The Balaban J connectivity index is 1.71. The van der Waals surface area contributed by atoms with Crippen molar-refractivity contribution < 1.29 is 9.90 Å². The number of fused-ring (bicyclic) bond motifs is 1. The number of carbonyl (C=O) groups excluding carboxylic acids is 1. The largest absolute Gasteiger partial charge is 0.507 e. The van der Waals surface area contributed by atoms with E-state index in [-0.39, 0.29) is 23.6 Å². The number of amides is 1. The molecule has 0 radical (unpaired) electrons. The zero-order valence-electron chi connectivity index (χ0n) is 14.9. The number of imidazole rings is 1. The molecule has 1 aromatic carbocycles. The molecular formula is C18H19ClN6O2. The molecule has 2 atom stereocenters. The predicted molar refractivity (Wildman–Crippen MR) is 102 cm³/mol. The number of H-pyrrole nitrogens is 1. The minimum atomic E-state index is -0.290. The number of nitrogens with zero attached hydrogens (tertiary/aromatic N) is 3. The van der Waals surface area contributed by atoms with Crippen LogP contribution < -0.4 is 10.6 Å². The molecule has 1 aliphatic rings. The van der Waals surface area contributed by atoms with Crippen molar-refractivity contribution in [3.8, 4) is 5.75 Å². The number of aromatic amines is 1. The number of aromatic nitrogens is 4. The first-order chi connectivity index (χ1) is 13.0. The number of rotatable bonds is 4. The lowest BCUT2D eigenvalue weighted by Gasteiger charge is -2.22. The summed E-state index contributed by atoms with van der Waals surface area (Å²) in [6, 6.07) is 1.46. The van der Waals surface area contributed by atoms with Crippen molar-refractivity contribution in [2.75, 3.05) is 11.9 Å². The highest BCUT2D eigenvalue weighted by Gasteiger charge is 2.30. The van der Waals surface area contributed by atoms with Gasteiger partial charge in [0.15, 0.2) is 11.5 Å². The van der Waals surface area contributed by atoms with Crippen LogP contribution in [-0.4, -0.2) is 37.5 Å². The lowest BCUT2D eigenvalue weighted by atomic mass is 9.89. The smallest absolute Gasteiger partial charge is 0.220 e. The molecule has 27 heavy (non-hydrogen) atoms. The highest BCUT2D eigenvalue weighted by molar-refractivity contribution is 6.31. The normalized spacial score (nSPS) is 17.9. The lowest BCUT2D eigenvalue weighted by Crippen LogP contribution is -2.14. The Kier molecular flexibility index (Phi) is 4.35. The summed E-state index contributed by atoms with van der Waals surface area (Å²) >= 11 is 6.44. The average molecular weight is 387 g/mol. The first-order valence-electron chi connectivity index (χ1n) is 8.65. The number of carbonyl (C=O) groups is 1. The fourth-order valence-electron chi connectivity index (χ4n) is 3.57. The fraction of sp³-hybridized carbons (Fsp3) is 0.333. The van der Waals surface area contributed by atoms with Gasteiger partial charge >= 0.3 is 0 Å². The molecule has 9 heteroatoms. The van der Waals surface area contributed by atoms with Gasteiger partial charge in [-0.1, -0.05) is 11.6 Å². The van der Waals surface area contributed by atoms with Gasteiger partial charge in [0, 0.05) is 35.0 Å². The highest BCUT2D eigenvalue weighted by atomic mass is 35.5. The Morgan fingerprint density at radius 3 is 2.93 bits per heavy atom. The molecule has 1 aliphatic heterocycles.